The number of benzene rings is 3. The second kappa shape index (κ2) is 37.9. The minimum atomic E-state index is -2.99. The summed E-state index contributed by atoms with van der Waals surface area (Å²) in [6.45, 7) is 9.51. The first-order valence-electron chi connectivity index (χ1n) is 31.1. The molecule has 100 heavy (non-hydrogen) atoms. The summed E-state index contributed by atoms with van der Waals surface area (Å²) in [6, 6.07) is 0. The molecule has 0 aromatic heterocycles. The first-order valence-corrected chi connectivity index (χ1v) is 31.1. The van der Waals surface area contributed by atoms with Crippen molar-refractivity contribution in [2.75, 3.05) is 19.8 Å². The Morgan fingerprint density at radius 3 is 0.520 bits per heavy atom. The SMILES string of the molecule is CC(C)CCCCCCCOC(=O)c1c(C(=O)O)c(C(=O)OC(=O)c2c(C(=O)O)c(C(=O)O)c(C(=O)O)c(C(=O)O)c2C(=O)O)c(C(=O)OC(=O)c2c(C(=O)O)c(C(=O)O)c(C(=O)O)c(C(=O)O)c2C(=O)O)c(C(=O)OCCCCCCCC(C)C)c1C(=O)OCCCCCCCC(C)C. The monoisotopic (exact) mass is 1410 g/mol. The number of hydrogen-bond donors (Lipinski definition) is 11. The van der Waals surface area contributed by atoms with Crippen molar-refractivity contribution in [1.29, 1.82) is 0 Å². The molecular weight excluding hydrogens is 1340 g/mol. The van der Waals surface area contributed by atoms with Gasteiger partial charge in [0.2, 0.25) is 0 Å². The van der Waals surface area contributed by atoms with Crippen molar-refractivity contribution < 1.29 is 166 Å². The summed E-state index contributed by atoms with van der Waals surface area (Å²) in [6.07, 6.45) is 8.38. The second-order valence-electron chi connectivity index (χ2n) is 23.7. The van der Waals surface area contributed by atoms with Crippen molar-refractivity contribution in [3.63, 3.8) is 0 Å². The van der Waals surface area contributed by atoms with E-state index in [9.17, 15) is 123 Å². The van der Waals surface area contributed by atoms with Gasteiger partial charge in [0.15, 0.2) is 0 Å². The highest BCUT2D eigenvalue weighted by Crippen LogP contribution is 2.37. The van der Waals surface area contributed by atoms with Crippen LogP contribution < -0.4 is 0 Å². The van der Waals surface area contributed by atoms with Gasteiger partial charge < -0.3 is 79.9 Å². The standard InChI is InChI=1S/C66H74O34/c1-28(2)22-16-10-7-13-19-25-96-60(89)44-41(59(87)88)45(65(94)99-63(92)42-37(55(79)80)33(51(71)72)31(49(67)68)34(52(73)74)38(42)56(81)82)48(66(95)100-64(93)43-39(57(83)84)35(53(75)76)32(50(69)70)36(54(77)78)40(43)58(85)86)47(62(91)98-27-21-15-9-12-18-24-30(5)6)46(44)61(90)97-26-20-14-8-11-17-23-29(3)4/h28-30H,7-27H2,1-6H3,(H,67,68)(H,69,70)(H,71,72)(H,73,74)(H,75,76)(H,77,78)(H,79,80)(H,81,82)(H,83,84)(H,85,86)(H,87,88). The topological polar surface area (TPSA) is 576 Å². The van der Waals surface area contributed by atoms with Gasteiger partial charge in [-0.25, -0.2) is 86.3 Å². The zero-order chi connectivity index (χ0) is 75.9. The van der Waals surface area contributed by atoms with Crippen LogP contribution in [-0.4, -0.2) is 183 Å². The van der Waals surface area contributed by atoms with E-state index in [1.54, 1.807) is 0 Å². The summed E-state index contributed by atoms with van der Waals surface area (Å²) in [7, 11) is 0. The van der Waals surface area contributed by atoms with Gasteiger partial charge in [-0.1, -0.05) is 138 Å². The highest BCUT2D eigenvalue weighted by Gasteiger charge is 2.48. The highest BCUT2D eigenvalue weighted by atomic mass is 16.6. The van der Waals surface area contributed by atoms with E-state index in [0.29, 0.717) is 62.7 Å². The van der Waals surface area contributed by atoms with Crippen molar-refractivity contribution in [3.8, 4) is 0 Å². The Bertz CT molecular complexity index is 3710. The van der Waals surface area contributed by atoms with Crippen LogP contribution in [0.15, 0.2) is 0 Å². The fourth-order valence-electron chi connectivity index (χ4n) is 10.7. The minimum Gasteiger partial charge on any atom is -0.478 e. The van der Waals surface area contributed by atoms with Crippen molar-refractivity contribution in [1.82, 2.24) is 0 Å². The number of rotatable bonds is 42. The molecule has 3 rings (SSSR count). The summed E-state index contributed by atoms with van der Waals surface area (Å²) in [5.74, 6) is -47.6. The molecule has 0 saturated carbocycles. The molecule has 0 unspecified atom stereocenters. The van der Waals surface area contributed by atoms with Crippen molar-refractivity contribution in [3.05, 3.63) is 100 Å². The van der Waals surface area contributed by atoms with E-state index in [1.165, 1.54) is 0 Å². The van der Waals surface area contributed by atoms with Crippen molar-refractivity contribution in [2.24, 2.45) is 17.8 Å². The van der Waals surface area contributed by atoms with Gasteiger partial charge in [-0.2, -0.15) is 0 Å². The molecule has 0 amide bonds. The number of esters is 7. The van der Waals surface area contributed by atoms with Gasteiger partial charge in [0.25, 0.3) is 0 Å². The van der Waals surface area contributed by atoms with Gasteiger partial charge in [0.05, 0.1) is 120 Å². The fourth-order valence-corrected chi connectivity index (χ4v) is 10.7. The van der Waals surface area contributed by atoms with E-state index < -0.39 is 227 Å². The van der Waals surface area contributed by atoms with Gasteiger partial charge >= 0.3 is 107 Å². The van der Waals surface area contributed by atoms with Crippen molar-refractivity contribution >= 4 is 107 Å². The number of unbranched alkanes of at least 4 members (excludes halogenated alkanes) is 12. The summed E-state index contributed by atoms with van der Waals surface area (Å²) < 4.78 is 25.8. The number of hydrogen-bond acceptors (Lipinski definition) is 23. The lowest BCUT2D eigenvalue weighted by Crippen LogP contribution is -2.33. The van der Waals surface area contributed by atoms with Crippen LogP contribution in [0.1, 0.15) is 344 Å². The van der Waals surface area contributed by atoms with E-state index in [-0.39, 0.29) is 38.5 Å². The normalized spacial score (nSPS) is 11.0. The Hall–Kier alpha value is -11.5. The molecule has 0 saturated heterocycles. The summed E-state index contributed by atoms with van der Waals surface area (Å²) in [4.78, 5) is 247. The number of carboxylic acid groups (broad SMARTS) is 11. The molecule has 0 aliphatic rings. The average molecular weight is 1410 g/mol. The molecule has 0 radical (unpaired) electrons. The predicted octanol–water partition coefficient (Wildman–Crippen LogP) is 9.82. The molecule has 0 spiro atoms. The van der Waals surface area contributed by atoms with E-state index >= 15 is 19.2 Å². The molecule has 0 aliphatic carbocycles. The Balaban J connectivity index is 2.87. The third-order valence-electron chi connectivity index (χ3n) is 15.1. The molecule has 34 nitrogen and oxygen atoms in total. The van der Waals surface area contributed by atoms with Gasteiger partial charge in [-0.3, -0.25) is 0 Å². The molecular formula is C66H74O34. The molecule has 0 fully saturated rings. The molecule has 542 valence electrons. The first-order chi connectivity index (χ1) is 46.8. The lowest BCUT2D eigenvalue weighted by molar-refractivity contribution is 0.0339. The average Bonchev–Trinajstić information content (AvgIpc) is 0.742. The third-order valence-corrected chi connectivity index (χ3v) is 15.1. The van der Waals surface area contributed by atoms with E-state index in [2.05, 4.69) is 0 Å². The number of aromatic carboxylic acids is 11. The Morgan fingerprint density at radius 1 is 0.200 bits per heavy atom. The van der Waals surface area contributed by atoms with E-state index in [0.717, 1.165) is 32.1 Å². The van der Waals surface area contributed by atoms with Crippen LogP contribution in [0.5, 0.6) is 0 Å². The van der Waals surface area contributed by atoms with Gasteiger partial charge in [0, 0.05) is 0 Å². The molecule has 11 N–H and O–H groups in total. The van der Waals surface area contributed by atoms with Crippen LogP contribution in [0.3, 0.4) is 0 Å². The van der Waals surface area contributed by atoms with Gasteiger partial charge in [-0.15, -0.1) is 0 Å². The molecule has 34 heteroatoms. The second-order valence-corrected chi connectivity index (χ2v) is 23.7. The summed E-state index contributed by atoms with van der Waals surface area (Å²) >= 11 is 0. The number of carbonyl (C=O) groups excluding carboxylic acids is 7. The van der Waals surface area contributed by atoms with Crippen LogP contribution >= 0.6 is 0 Å². The quantitative estimate of drug-likeness (QED) is 0.0109. The maximum absolute atomic E-state index is 15.4. The number of carbonyl (C=O) groups is 18. The molecule has 0 aliphatic heterocycles. The van der Waals surface area contributed by atoms with Crippen LogP contribution in [-0.2, 0) is 23.7 Å². The lowest BCUT2D eigenvalue weighted by Gasteiger charge is -2.22. The zero-order valence-electron chi connectivity index (χ0n) is 54.9. The van der Waals surface area contributed by atoms with Crippen LogP contribution in [0, 0.1) is 17.8 Å². The summed E-state index contributed by atoms with van der Waals surface area (Å²) in [5.41, 5.74) is -39.8. The molecule has 0 atom stereocenters. The zero-order valence-corrected chi connectivity index (χ0v) is 54.9. The van der Waals surface area contributed by atoms with Crippen LogP contribution in [0.4, 0.5) is 0 Å². The van der Waals surface area contributed by atoms with E-state index in [1.807, 2.05) is 41.5 Å². The summed E-state index contributed by atoms with van der Waals surface area (Å²) in [5, 5.41) is 114. The van der Waals surface area contributed by atoms with Crippen LogP contribution in [0.25, 0.3) is 0 Å². The maximum atomic E-state index is 15.4. The van der Waals surface area contributed by atoms with Crippen molar-refractivity contribution in [2.45, 2.75) is 157 Å². The smallest absolute Gasteiger partial charge is 0.347 e. The molecule has 3 aromatic rings. The molecule has 0 heterocycles. The third kappa shape index (κ3) is 21.0. The Labute approximate surface area is 566 Å². The fraction of sp³-hybridized carbons (Fsp3) is 0.455. The number of carboxylic acids is 11. The minimum absolute atomic E-state index is 0.0739. The predicted molar refractivity (Wildman–Crippen MR) is 334 cm³/mol. The highest BCUT2D eigenvalue weighted by molar-refractivity contribution is 6.29. The van der Waals surface area contributed by atoms with Gasteiger partial charge in [-0.05, 0) is 37.0 Å². The number of ether oxygens (including phenoxy) is 5. The Kier molecular flexibility index (Phi) is 31.3. The van der Waals surface area contributed by atoms with E-state index in [4.69, 9.17) is 23.7 Å². The largest absolute Gasteiger partial charge is 0.478 e. The van der Waals surface area contributed by atoms with Gasteiger partial charge in [0.1, 0.15) is 0 Å². The maximum Gasteiger partial charge on any atom is 0.347 e. The molecule has 3 aromatic carbocycles. The lowest BCUT2D eigenvalue weighted by atomic mass is 9.85. The van der Waals surface area contributed by atoms with Crippen LogP contribution in [0.2, 0.25) is 0 Å². The molecule has 0 bridgehead atoms. The first kappa shape index (κ1) is 82.7. The Morgan fingerprint density at radius 2 is 0.330 bits per heavy atom.